The quantitative estimate of drug-likeness (QED) is 0.824. The van der Waals surface area contributed by atoms with E-state index in [0.29, 0.717) is 11.4 Å². The highest BCUT2D eigenvalue weighted by Crippen LogP contribution is 2.19. The van der Waals surface area contributed by atoms with Crippen LogP contribution in [0.15, 0.2) is 34.3 Å². The van der Waals surface area contributed by atoms with Crippen molar-refractivity contribution in [1.29, 1.82) is 0 Å². The van der Waals surface area contributed by atoms with Gasteiger partial charge in [0.05, 0.1) is 18.1 Å². The van der Waals surface area contributed by atoms with E-state index in [2.05, 4.69) is 5.32 Å². The maximum atomic E-state index is 11.9. The molecule has 0 aliphatic rings. The lowest BCUT2D eigenvalue weighted by Gasteiger charge is -2.17. The number of ether oxygens (including phenoxy) is 1. The van der Waals surface area contributed by atoms with E-state index in [9.17, 15) is 4.79 Å². The van der Waals surface area contributed by atoms with Gasteiger partial charge in [0, 0.05) is 6.54 Å². The summed E-state index contributed by atoms with van der Waals surface area (Å²) in [5.74, 6) is -0.0946. The van der Waals surface area contributed by atoms with Crippen LogP contribution < -0.4 is 5.32 Å². The molecule has 0 saturated heterocycles. The summed E-state index contributed by atoms with van der Waals surface area (Å²) in [5, 5.41) is 17.5. The standard InChI is InChI=1S/C13H15NO3S2/c15-4-5-17-11(10-3-7-18-9-10)8-14-13(16)12-2-1-6-19-12/h1-3,6-7,9,11,15H,4-5,8H2,(H,14,16)/t11-/m0/s1. The van der Waals surface area contributed by atoms with Gasteiger partial charge in [0.25, 0.3) is 5.91 Å². The molecule has 2 aromatic heterocycles. The van der Waals surface area contributed by atoms with Crippen LogP contribution in [0.3, 0.4) is 0 Å². The Morgan fingerprint density at radius 3 is 2.95 bits per heavy atom. The predicted molar refractivity (Wildman–Crippen MR) is 76.8 cm³/mol. The number of carbonyl (C=O) groups excluding carboxylic acids is 1. The van der Waals surface area contributed by atoms with Gasteiger partial charge in [0.15, 0.2) is 0 Å². The van der Waals surface area contributed by atoms with E-state index in [1.165, 1.54) is 11.3 Å². The number of aliphatic hydroxyl groups excluding tert-OH is 1. The number of thiophene rings is 2. The number of nitrogens with one attached hydrogen (secondary N) is 1. The van der Waals surface area contributed by atoms with Gasteiger partial charge in [-0.25, -0.2) is 0 Å². The maximum Gasteiger partial charge on any atom is 0.261 e. The molecule has 4 nitrogen and oxygen atoms in total. The van der Waals surface area contributed by atoms with Crippen LogP contribution in [0, 0.1) is 0 Å². The Kier molecular flexibility index (Phi) is 5.53. The first-order valence-electron chi connectivity index (χ1n) is 5.87. The van der Waals surface area contributed by atoms with Crippen LogP contribution in [0.1, 0.15) is 21.3 Å². The summed E-state index contributed by atoms with van der Waals surface area (Å²) in [4.78, 5) is 12.5. The van der Waals surface area contributed by atoms with E-state index >= 15 is 0 Å². The van der Waals surface area contributed by atoms with Crippen molar-refractivity contribution in [3.8, 4) is 0 Å². The van der Waals surface area contributed by atoms with Gasteiger partial charge >= 0.3 is 0 Å². The Balaban J connectivity index is 1.91. The van der Waals surface area contributed by atoms with Crippen molar-refractivity contribution in [1.82, 2.24) is 5.32 Å². The van der Waals surface area contributed by atoms with Gasteiger partial charge in [-0.2, -0.15) is 11.3 Å². The number of rotatable bonds is 7. The summed E-state index contributed by atoms with van der Waals surface area (Å²) in [6, 6.07) is 5.59. The van der Waals surface area contributed by atoms with Gasteiger partial charge in [0.1, 0.15) is 6.10 Å². The van der Waals surface area contributed by atoms with Gasteiger partial charge in [-0.15, -0.1) is 11.3 Å². The fourth-order valence-electron chi connectivity index (χ4n) is 1.61. The molecule has 0 aliphatic heterocycles. The van der Waals surface area contributed by atoms with Crippen LogP contribution >= 0.6 is 22.7 Å². The topological polar surface area (TPSA) is 58.6 Å². The van der Waals surface area contributed by atoms with E-state index in [1.807, 2.05) is 28.3 Å². The average molecular weight is 297 g/mol. The molecule has 0 spiro atoms. The van der Waals surface area contributed by atoms with Crippen LogP contribution in [0.2, 0.25) is 0 Å². The molecule has 102 valence electrons. The average Bonchev–Trinajstić information content (AvgIpc) is 3.11. The molecule has 0 saturated carbocycles. The van der Waals surface area contributed by atoms with Gasteiger partial charge in [-0.1, -0.05) is 6.07 Å². The van der Waals surface area contributed by atoms with Crippen molar-refractivity contribution in [3.05, 3.63) is 44.8 Å². The summed E-state index contributed by atoms with van der Waals surface area (Å²) < 4.78 is 5.55. The van der Waals surface area contributed by atoms with Gasteiger partial charge in [-0.3, -0.25) is 4.79 Å². The fraction of sp³-hybridized carbons (Fsp3) is 0.308. The van der Waals surface area contributed by atoms with Gasteiger partial charge in [0.2, 0.25) is 0 Å². The Morgan fingerprint density at radius 1 is 1.42 bits per heavy atom. The first-order valence-corrected chi connectivity index (χ1v) is 7.69. The molecule has 0 aliphatic carbocycles. The van der Waals surface area contributed by atoms with Crippen LogP contribution in [0.25, 0.3) is 0 Å². The number of aliphatic hydroxyl groups is 1. The van der Waals surface area contributed by atoms with Crippen molar-refractivity contribution in [3.63, 3.8) is 0 Å². The SMILES string of the molecule is O=C(NC[C@H](OCCO)c1ccsc1)c1cccs1. The number of hydrogen-bond donors (Lipinski definition) is 2. The van der Waals surface area contributed by atoms with Crippen molar-refractivity contribution < 1.29 is 14.6 Å². The minimum atomic E-state index is -0.220. The van der Waals surface area contributed by atoms with Gasteiger partial charge in [-0.05, 0) is 33.8 Å². The molecule has 0 fully saturated rings. The van der Waals surface area contributed by atoms with E-state index in [4.69, 9.17) is 9.84 Å². The molecule has 0 unspecified atom stereocenters. The molecule has 0 bridgehead atoms. The summed E-state index contributed by atoms with van der Waals surface area (Å²) in [6.45, 7) is 0.627. The Hall–Kier alpha value is -1.21. The van der Waals surface area contributed by atoms with Crippen LogP contribution in [0.4, 0.5) is 0 Å². The highest BCUT2D eigenvalue weighted by Gasteiger charge is 2.15. The molecule has 1 amide bonds. The van der Waals surface area contributed by atoms with E-state index in [-0.39, 0.29) is 25.2 Å². The van der Waals surface area contributed by atoms with Crippen LogP contribution in [-0.2, 0) is 4.74 Å². The zero-order valence-electron chi connectivity index (χ0n) is 10.2. The second kappa shape index (κ2) is 7.40. The lowest BCUT2D eigenvalue weighted by atomic mass is 10.2. The number of carbonyl (C=O) groups is 1. The molecule has 19 heavy (non-hydrogen) atoms. The first kappa shape index (κ1) is 14.2. The normalized spacial score (nSPS) is 12.3. The molecule has 1 atom stereocenters. The molecule has 2 rings (SSSR count). The second-order valence-electron chi connectivity index (χ2n) is 3.83. The smallest absolute Gasteiger partial charge is 0.261 e. The molecule has 6 heteroatoms. The van der Waals surface area contributed by atoms with E-state index in [1.54, 1.807) is 17.4 Å². The minimum absolute atomic E-state index is 0.0283. The predicted octanol–water partition coefficient (Wildman–Crippen LogP) is 2.29. The van der Waals surface area contributed by atoms with Gasteiger partial charge < -0.3 is 15.2 Å². The van der Waals surface area contributed by atoms with Crippen molar-refractivity contribution in [2.75, 3.05) is 19.8 Å². The summed E-state index contributed by atoms with van der Waals surface area (Å²) in [7, 11) is 0. The molecular formula is C13H15NO3S2. The number of amides is 1. The zero-order chi connectivity index (χ0) is 13.5. The van der Waals surface area contributed by atoms with Crippen molar-refractivity contribution in [2.45, 2.75) is 6.10 Å². The third-order valence-electron chi connectivity index (χ3n) is 2.52. The Morgan fingerprint density at radius 2 is 2.32 bits per heavy atom. The summed E-state index contributed by atoms with van der Waals surface area (Å²) >= 11 is 2.99. The second-order valence-corrected chi connectivity index (χ2v) is 5.55. The fourth-order valence-corrected chi connectivity index (χ4v) is 2.95. The molecule has 2 N–H and O–H groups in total. The van der Waals surface area contributed by atoms with Crippen molar-refractivity contribution in [2.24, 2.45) is 0 Å². The monoisotopic (exact) mass is 297 g/mol. The summed E-state index contributed by atoms with van der Waals surface area (Å²) in [5.41, 5.74) is 1.02. The maximum absolute atomic E-state index is 11.9. The molecule has 0 radical (unpaired) electrons. The van der Waals surface area contributed by atoms with Crippen LogP contribution in [-0.4, -0.2) is 30.8 Å². The number of hydrogen-bond acceptors (Lipinski definition) is 5. The minimum Gasteiger partial charge on any atom is -0.394 e. The van der Waals surface area contributed by atoms with Crippen molar-refractivity contribution >= 4 is 28.6 Å². The summed E-state index contributed by atoms with van der Waals surface area (Å²) in [6.07, 6.45) is -0.220. The molecule has 2 aromatic rings. The van der Waals surface area contributed by atoms with Crippen LogP contribution in [0.5, 0.6) is 0 Å². The zero-order valence-corrected chi connectivity index (χ0v) is 11.9. The highest BCUT2D eigenvalue weighted by molar-refractivity contribution is 7.12. The Bertz CT molecular complexity index is 482. The molecular weight excluding hydrogens is 282 g/mol. The first-order chi connectivity index (χ1) is 9.31. The third-order valence-corrected chi connectivity index (χ3v) is 4.09. The third kappa shape index (κ3) is 4.14. The van der Waals surface area contributed by atoms with E-state index < -0.39 is 0 Å². The molecule has 0 aromatic carbocycles. The highest BCUT2D eigenvalue weighted by atomic mass is 32.1. The molecule has 2 heterocycles. The lowest BCUT2D eigenvalue weighted by molar-refractivity contribution is 0.0280. The lowest BCUT2D eigenvalue weighted by Crippen LogP contribution is -2.29. The van der Waals surface area contributed by atoms with E-state index in [0.717, 1.165) is 5.56 Å². The Labute approximate surface area is 119 Å². The largest absolute Gasteiger partial charge is 0.394 e.